The molecule has 1 aromatic rings. The molecule has 0 bridgehead atoms. The molecule has 0 spiro atoms. The monoisotopic (exact) mass is 239 g/mol. The van der Waals surface area contributed by atoms with Crippen LogP contribution < -0.4 is 0 Å². The molecular weight excluding hydrogens is 222 g/mol. The van der Waals surface area contributed by atoms with Crippen LogP contribution in [0.2, 0.25) is 0 Å². The zero-order valence-corrected chi connectivity index (χ0v) is 10.1. The van der Waals surface area contributed by atoms with Crippen molar-refractivity contribution in [1.29, 1.82) is 0 Å². The lowest BCUT2D eigenvalue weighted by atomic mass is 10.2. The van der Waals surface area contributed by atoms with Crippen molar-refractivity contribution in [3.8, 4) is 0 Å². The molecule has 17 heavy (non-hydrogen) atoms. The van der Waals surface area contributed by atoms with E-state index in [1.807, 2.05) is 13.8 Å². The Bertz CT molecular complexity index is 410. The molecule has 1 N–H and O–H groups in total. The number of ether oxygens (including phenoxy) is 1. The van der Waals surface area contributed by atoms with Gasteiger partial charge in [-0.05, 0) is 26.7 Å². The molecule has 1 heterocycles. The first-order chi connectivity index (χ1) is 8.09. The maximum atomic E-state index is 11.0. The van der Waals surface area contributed by atoms with Crippen LogP contribution in [0.15, 0.2) is 0 Å². The molecule has 2 rings (SSSR count). The Balaban J connectivity index is 2.08. The molecule has 0 aliphatic heterocycles. The highest BCUT2D eigenvalue weighted by atomic mass is 16.5. The molecule has 1 aliphatic carbocycles. The van der Waals surface area contributed by atoms with E-state index in [4.69, 9.17) is 9.84 Å². The summed E-state index contributed by atoms with van der Waals surface area (Å²) >= 11 is 0. The molecule has 1 aromatic heterocycles. The van der Waals surface area contributed by atoms with Gasteiger partial charge >= 0.3 is 5.97 Å². The van der Waals surface area contributed by atoms with Crippen molar-refractivity contribution >= 4 is 5.97 Å². The lowest BCUT2D eigenvalue weighted by Crippen LogP contribution is -2.14. The molecular formula is C11H17N3O3. The van der Waals surface area contributed by atoms with Gasteiger partial charge in [-0.3, -0.25) is 0 Å². The number of rotatable bonds is 6. The third-order valence-electron chi connectivity index (χ3n) is 2.69. The number of carboxylic acids is 1. The molecule has 0 amide bonds. The van der Waals surface area contributed by atoms with Crippen molar-refractivity contribution in [1.82, 2.24) is 15.0 Å². The second-order valence-corrected chi connectivity index (χ2v) is 4.55. The number of carbonyl (C=O) groups is 1. The van der Waals surface area contributed by atoms with Crippen LogP contribution in [0.5, 0.6) is 0 Å². The van der Waals surface area contributed by atoms with E-state index < -0.39 is 5.97 Å². The van der Waals surface area contributed by atoms with E-state index in [-0.39, 0.29) is 11.8 Å². The third kappa shape index (κ3) is 2.82. The van der Waals surface area contributed by atoms with Crippen LogP contribution in [0.1, 0.15) is 48.8 Å². The number of hydrogen-bond donors (Lipinski definition) is 1. The van der Waals surface area contributed by atoms with Gasteiger partial charge in [-0.15, -0.1) is 5.10 Å². The van der Waals surface area contributed by atoms with E-state index >= 15 is 0 Å². The molecule has 6 nitrogen and oxygen atoms in total. The van der Waals surface area contributed by atoms with Gasteiger partial charge in [0.2, 0.25) is 0 Å². The molecule has 94 valence electrons. The Kier molecular flexibility index (Phi) is 3.42. The minimum atomic E-state index is -0.997. The van der Waals surface area contributed by atoms with Gasteiger partial charge in [0, 0.05) is 5.92 Å². The first-order valence-corrected chi connectivity index (χ1v) is 5.88. The van der Waals surface area contributed by atoms with Gasteiger partial charge in [0.1, 0.15) is 0 Å². The summed E-state index contributed by atoms with van der Waals surface area (Å²) in [6, 6.07) is 0. The molecule has 0 unspecified atom stereocenters. The fourth-order valence-corrected chi connectivity index (χ4v) is 1.77. The Morgan fingerprint density at radius 2 is 2.29 bits per heavy atom. The van der Waals surface area contributed by atoms with E-state index in [9.17, 15) is 4.79 Å². The molecule has 1 aliphatic rings. The molecule has 6 heteroatoms. The Labute approximate surface area is 99.6 Å². The van der Waals surface area contributed by atoms with Crippen LogP contribution in [0.3, 0.4) is 0 Å². The van der Waals surface area contributed by atoms with Crippen LogP contribution in [0, 0.1) is 0 Å². The summed E-state index contributed by atoms with van der Waals surface area (Å²) < 4.78 is 7.10. The Morgan fingerprint density at radius 3 is 2.82 bits per heavy atom. The summed E-state index contributed by atoms with van der Waals surface area (Å²) in [6.07, 6.45) is 2.22. The number of nitrogens with zero attached hydrogens (tertiary/aromatic N) is 3. The fraction of sp³-hybridized carbons (Fsp3) is 0.727. The first kappa shape index (κ1) is 12.0. The summed E-state index contributed by atoms with van der Waals surface area (Å²) in [6.45, 7) is 5.02. The second-order valence-electron chi connectivity index (χ2n) is 4.55. The zero-order chi connectivity index (χ0) is 12.4. The predicted molar refractivity (Wildman–Crippen MR) is 60.0 cm³/mol. The smallest absolute Gasteiger partial charge is 0.358 e. The van der Waals surface area contributed by atoms with Gasteiger partial charge in [0.25, 0.3) is 0 Å². The van der Waals surface area contributed by atoms with Gasteiger partial charge in [-0.25, -0.2) is 9.48 Å². The molecule has 0 radical (unpaired) electrons. The Hall–Kier alpha value is -1.43. The van der Waals surface area contributed by atoms with Gasteiger partial charge in [-0.1, -0.05) is 5.21 Å². The summed E-state index contributed by atoms with van der Waals surface area (Å²) in [7, 11) is 0. The molecule has 0 atom stereocenters. The molecule has 1 fully saturated rings. The van der Waals surface area contributed by atoms with Gasteiger partial charge in [-0.2, -0.15) is 0 Å². The van der Waals surface area contributed by atoms with E-state index in [1.54, 1.807) is 4.68 Å². The average Bonchev–Trinajstić information content (AvgIpc) is 2.99. The van der Waals surface area contributed by atoms with Crippen LogP contribution in [0.4, 0.5) is 0 Å². The van der Waals surface area contributed by atoms with E-state index in [2.05, 4.69) is 10.3 Å². The number of hydrogen-bond acceptors (Lipinski definition) is 4. The van der Waals surface area contributed by atoms with Gasteiger partial charge < -0.3 is 9.84 Å². The molecule has 1 saturated carbocycles. The van der Waals surface area contributed by atoms with Gasteiger partial charge in [0.15, 0.2) is 5.69 Å². The standard InChI is InChI=1S/C11H17N3O3/c1-7(2)17-6-5-14-10(8-3-4-8)9(11(15)16)12-13-14/h7-8H,3-6H2,1-2H3,(H,15,16). The average molecular weight is 239 g/mol. The van der Waals surface area contributed by atoms with Crippen LogP contribution in [-0.2, 0) is 11.3 Å². The quantitative estimate of drug-likeness (QED) is 0.809. The highest BCUT2D eigenvalue weighted by Gasteiger charge is 2.33. The number of carboxylic acid groups (broad SMARTS) is 1. The van der Waals surface area contributed by atoms with E-state index in [0.29, 0.717) is 19.1 Å². The lowest BCUT2D eigenvalue weighted by molar-refractivity contribution is 0.0681. The van der Waals surface area contributed by atoms with Crippen molar-refractivity contribution in [3.63, 3.8) is 0 Å². The first-order valence-electron chi connectivity index (χ1n) is 5.88. The minimum absolute atomic E-state index is 0.0945. The van der Waals surface area contributed by atoms with Crippen LogP contribution in [-0.4, -0.2) is 38.8 Å². The highest BCUT2D eigenvalue weighted by molar-refractivity contribution is 5.86. The second kappa shape index (κ2) is 4.83. The maximum absolute atomic E-state index is 11.0. The zero-order valence-electron chi connectivity index (χ0n) is 10.1. The minimum Gasteiger partial charge on any atom is -0.476 e. The van der Waals surface area contributed by atoms with Crippen molar-refractivity contribution in [2.45, 2.75) is 45.3 Å². The van der Waals surface area contributed by atoms with Crippen molar-refractivity contribution < 1.29 is 14.6 Å². The fourth-order valence-electron chi connectivity index (χ4n) is 1.77. The topological polar surface area (TPSA) is 77.2 Å². The van der Waals surface area contributed by atoms with E-state index in [0.717, 1.165) is 18.5 Å². The summed E-state index contributed by atoms with van der Waals surface area (Å²) in [5.41, 5.74) is 0.849. The summed E-state index contributed by atoms with van der Waals surface area (Å²) in [4.78, 5) is 11.0. The largest absolute Gasteiger partial charge is 0.476 e. The van der Waals surface area contributed by atoms with Crippen LogP contribution in [0.25, 0.3) is 0 Å². The summed E-state index contributed by atoms with van der Waals surface area (Å²) in [5.74, 6) is -0.682. The number of aromatic nitrogens is 3. The predicted octanol–water partition coefficient (Wildman–Crippen LogP) is 1.28. The van der Waals surface area contributed by atoms with Crippen molar-refractivity contribution in [3.05, 3.63) is 11.4 Å². The molecule has 0 aromatic carbocycles. The van der Waals surface area contributed by atoms with Gasteiger partial charge in [0.05, 0.1) is 24.9 Å². The van der Waals surface area contributed by atoms with E-state index in [1.165, 1.54) is 0 Å². The maximum Gasteiger partial charge on any atom is 0.358 e. The number of aromatic carboxylic acids is 1. The summed E-state index contributed by atoms with van der Waals surface area (Å²) in [5, 5.41) is 16.7. The lowest BCUT2D eigenvalue weighted by Gasteiger charge is -2.09. The Morgan fingerprint density at radius 1 is 1.59 bits per heavy atom. The van der Waals surface area contributed by atoms with Crippen LogP contribution >= 0.6 is 0 Å². The van der Waals surface area contributed by atoms with Crippen molar-refractivity contribution in [2.24, 2.45) is 0 Å². The third-order valence-corrected chi connectivity index (χ3v) is 2.69. The molecule has 0 saturated heterocycles. The normalized spacial score (nSPS) is 15.5. The SMILES string of the molecule is CC(C)OCCn1nnc(C(=O)O)c1C1CC1. The highest BCUT2D eigenvalue weighted by Crippen LogP contribution is 2.41. The van der Waals surface area contributed by atoms with Crippen molar-refractivity contribution in [2.75, 3.05) is 6.61 Å².